The van der Waals surface area contributed by atoms with E-state index in [0.29, 0.717) is 0 Å². The van der Waals surface area contributed by atoms with Crippen LogP contribution in [0.15, 0.2) is 0 Å². The van der Waals surface area contributed by atoms with E-state index in [2.05, 4.69) is 62.3 Å². The minimum atomic E-state index is 0.131. The Kier molecular flexibility index (Phi) is 23.8. The summed E-state index contributed by atoms with van der Waals surface area (Å²) in [5.74, 6) is 0. The summed E-state index contributed by atoms with van der Waals surface area (Å²) in [6.07, 6.45) is 28.4. The van der Waals surface area contributed by atoms with Crippen LogP contribution in [-0.2, 0) is 0 Å². The molecule has 1 atom stereocenters. The van der Waals surface area contributed by atoms with Gasteiger partial charge in [-0.1, -0.05) is 150 Å². The van der Waals surface area contributed by atoms with Crippen LogP contribution in [0.1, 0.15) is 133 Å². The Morgan fingerprint density at radius 2 is 0.706 bits per heavy atom. The van der Waals surface area contributed by atoms with Gasteiger partial charge in [-0.05, 0) is 61.4 Å². The maximum absolute atomic E-state index is 2.52. The molecule has 0 bridgehead atoms. The zero-order valence-corrected chi connectivity index (χ0v) is 28.9. The van der Waals surface area contributed by atoms with Crippen molar-refractivity contribution in [3.05, 3.63) is 0 Å². The summed E-state index contributed by atoms with van der Waals surface area (Å²) in [7, 11) is 0.555. The van der Waals surface area contributed by atoms with Crippen molar-refractivity contribution >= 4 is 31.7 Å². The predicted molar refractivity (Wildman–Crippen MR) is 175 cm³/mol. The molecule has 0 saturated heterocycles. The van der Waals surface area contributed by atoms with Crippen molar-refractivity contribution in [2.75, 3.05) is 49.3 Å². The Labute approximate surface area is 223 Å². The van der Waals surface area contributed by atoms with Crippen LogP contribution in [-0.4, -0.2) is 59.6 Å². The van der Waals surface area contributed by atoms with Gasteiger partial charge in [0.1, 0.15) is 0 Å². The summed E-state index contributed by atoms with van der Waals surface area (Å²) in [5, 5.41) is 0. The highest BCUT2D eigenvalue weighted by Gasteiger charge is 2.54. The Morgan fingerprint density at radius 1 is 0.412 bits per heavy atom. The molecule has 0 aliphatic carbocycles. The summed E-state index contributed by atoms with van der Waals surface area (Å²) in [6.45, 7) is 22.5. The molecule has 0 aliphatic rings. The summed E-state index contributed by atoms with van der Waals surface area (Å²) >= 11 is 0. The number of rotatable bonds is 24. The first-order valence-corrected chi connectivity index (χ1v) is 22.4. The fourth-order valence-electron chi connectivity index (χ4n) is 6.19. The standard InChI is InChI=1S/C30H66P4/c1-10-19-20-29(31(21-11-2)22-12-3)30(32(23-13-4)24-14-5,33(25-15-6)26-16-7)34(27-17-8)28-18-9/h29H,10-28H2,1-9H3. The average molecular weight is 551 g/mol. The fourth-order valence-corrected chi connectivity index (χ4v) is 28.1. The Hall–Kier alpha value is 1.72. The molecular weight excluding hydrogens is 484 g/mol. The maximum atomic E-state index is 2.52. The molecule has 0 saturated carbocycles. The van der Waals surface area contributed by atoms with Gasteiger partial charge in [0.05, 0.1) is 0 Å². The lowest BCUT2D eigenvalue weighted by molar-refractivity contribution is 0.675. The minimum Gasteiger partial charge on any atom is -0.102 e. The first-order chi connectivity index (χ1) is 16.5. The summed E-state index contributed by atoms with van der Waals surface area (Å²) in [6, 6.07) is 0. The van der Waals surface area contributed by atoms with E-state index in [4.69, 9.17) is 0 Å². The molecule has 0 spiro atoms. The zero-order valence-electron chi connectivity index (χ0n) is 25.3. The second kappa shape index (κ2) is 22.7. The monoisotopic (exact) mass is 550 g/mol. The molecule has 0 aliphatic heterocycles. The second-order valence-corrected chi connectivity index (χ2v) is 22.1. The van der Waals surface area contributed by atoms with Gasteiger partial charge in [-0.25, -0.2) is 0 Å². The highest BCUT2D eigenvalue weighted by atomic mass is 31.2. The normalized spacial score (nSPS) is 13.7. The molecule has 4 heteroatoms. The van der Waals surface area contributed by atoms with Gasteiger partial charge in [-0.15, -0.1) is 7.92 Å². The Balaban J connectivity index is 7.33. The van der Waals surface area contributed by atoms with Crippen LogP contribution in [0, 0.1) is 0 Å². The SMILES string of the molecule is CCCCC(P(CCC)CCC)C(P(CCC)CCC)(P(CCC)CCC)P(CCC)CCC. The Bertz CT molecular complexity index is 377. The van der Waals surface area contributed by atoms with Gasteiger partial charge in [0.25, 0.3) is 0 Å². The zero-order chi connectivity index (χ0) is 25.8. The van der Waals surface area contributed by atoms with Crippen LogP contribution in [0.3, 0.4) is 0 Å². The van der Waals surface area contributed by atoms with E-state index in [1.165, 1.54) is 64.2 Å². The van der Waals surface area contributed by atoms with Gasteiger partial charge in [0, 0.05) is 4.64 Å². The fraction of sp³-hybridized carbons (Fsp3) is 1.00. The maximum Gasteiger partial charge on any atom is 0.0367 e. The number of hydrogen-bond donors (Lipinski definition) is 0. The lowest BCUT2D eigenvalue weighted by Crippen LogP contribution is -2.41. The van der Waals surface area contributed by atoms with Crippen molar-refractivity contribution in [3.63, 3.8) is 0 Å². The van der Waals surface area contributed by atoms with E-state index >= 15 is 0 Å². The number of hydrogen-bond acceptors (Lipinski definition) is 0. The van der Waals surface area contributed by atoms with Gasteiger partial charge < -0.3 is 0 Å². The van der Waals surface area contributed by atoms with Crippen molar-refractivity contribution in [2.24, 2.45) is 0 Å². The molecule has 0 aromatic rings. The van der Waals surface area contributed by atoms with Crippen molar-refractivity contribution in [1.29, 1.82) is 0 Å². The lowest BCUT2D eigenvalue weighted by Gasteiger charge is -2.59. The molecule has 0 radical (unpaired) electrons. The van der Waals surface area contributed by atoms with E-state index in [9.17, 15) is 0 Å². The smallest absolute Gasteiger partial charge is 0.0367 e. The first kappa shape index (κ1) is 35.7. The first-order valence-electron chi connectivity index (χ1n) is 15.5. The van der Waals surface area contributed by atoms with Crippen molar-refractivity contribution in [1.82, 2.24) is 0 Å². The highest BCUT2D eigenvalue weighted by Crippen LogP contribution is 2.85. The van der Waals surface area contributed by atoms with Gasteiger partial charge in [0.15, 0.2) is 0 Å². The summed E-state index contributed by atoms with van der Waals surface area (Å²) in [4.78, 5) is 0. The highest BCUT2D eigenvalue weighted by molar-refractivity contribution is 7.94. The van der Waals surface area contributed by atoms with Crippen LogP contribution in [0.25, 0.3) is 0 Å². The van der Waals surface area contributed by atoms with Gasteiger partial charge in [-0.2, -0.15) is 0 Å². The topological polar surface area (TPSA) is 0 Å². The van der Waals surface area contributed by atoms with Crippen LogP contribution < -0.4 is 0 Å². The third kappa shape index (κ3) is 10.8. The molecule has 0 nitrogen and oxygen atoms in total. The average Bonchev–Trinajstić information content (AvgIpc) is 2.82. The van der Waals surface area contributed by atoms with Crippen molar-refractivity contribution in [2.45, 2.75) is 143 Å². The summed E-state index contributed by atoms with van der Waals surface area (Å²) < 4.78 is 0.773. The molecule has 0 fully saturated rings. The molecule has 0 aromatic heterocycles. The van der Waals surface area contributed by atoms with E-state index in [-0.39, 0.29) is 31.7 Å². The van der Waals surface area contributed by atoms with Crippen molar-refractivity contribution in [3.8, 4) is 0 Å². The quantitative estimate of drug-likeness (QED) is 0.105. The molecule has 34 heavy (non-hydrogen) atoms. The molecule has 0 amide bonds. The van der Waals surface area contributed by atoms with Crippen LogP contribution in [0.4, 0.5) is 0 Å². The Morgan fingerprint density at radius 3 is 0.941 bits per heavy atom. The summed E-state index contributed by atoms with van der Waals surface area (Å²) in [5.41, 5.74) is 1.08. The predicted octanol–water partition coefficient (Wildman–Crippen LogP) is 12.4. The van der Waals surface area contributed by atoms with Gasteiger partial charge in [0.2, 0.25) is 0 Å². The van der Waals surface area contributed by atoms with E-state index < -0.39 is 0 Å². The molecular formula is C30H66P4. The molecule has 0 N–H and O–H groups in total. The molecule has 1 unspecified atom stereocenters. The van der Waals surface area contributed by atoms with Gasteiger partial charge >= 0.3 is 0 Å². The third-order valence-electron chi connectivity index (χ3n) is 7.10. The number of unbranched alkanes of at least 4 members (excludes halogenated alkanes) is 1. The molecule has 0 aromatic carbocycles. The van der Waals surface area contributed by atoms with Crippen LogP contribution >= 0.6 is 31.7 Å². The third-order valence-corrected chi connectivity index (χ3v) is 26.0. The van der Waals surface area contributed by atoms with E-state index in [0.717, 1.165) is 10.3 Å². The minimum absolute atomic E-state index is 0.131. The second-order valence-electron chi connectivity index (χ2n) is 10.3. The van der Waals surface area contributed by atoms with Crippen LogP contribution in [0.5, 0.6) is 0 Å². The molecule has 0 heterocycles. The van der Waals surface area contributed by atoms with Gasteiger partial charge in [-0.3, -0.25) is 0 Å². The van der Waals surface area contributed by atoms with Crippen LogP contribution in [0.2, 0.25) is 0 Å². The molecule has 0 rings (SSSR count). The molecule has 206 valence electrons. The van der Waals surface area contributed by atoms with E-state index in [1.54, 1.807) is 55.7 Å². The lowest BCUT2D eigenvalue weighted by atomic mass is 10.2. The largest absolute Gasteiger partial charge is 0.102 e. The van der Waals surface area contributed by atoms with Crippen molar-refractivity contribution < 1.29 is 0 Å². The van der Waals surface area contributed by atoms with E-state index in [1.807, 2.05) is 0 Å².